The number of fused-ring (bicyclic) bond motifs is 1. The number of nitrogens with one attached hydrogen (secondary N) is 1. The molecule has 0 saturated carbocycles. The Kier molecular flexibility index (Phi) is 4.76. The van der Waals surface area contributed by atoms with Crippen LogP contribution in [-0.4, -0.2) is 25.8 Å². The van der Waals surface area contributed by atoms with Crippen molar-refractivity contribution >= 4 is 22.5 Å². The first-order chi connectivity index (χ1) is 15.2. The number of para-hydroxylation sites is 2. The van der Waals surface area contributed by atoms with E-state index < -0.39 is 0 Å². The number of hydrogen-bond acceptors (Lipinski definition) is 5. The van der Waals surface area contributed by atoms with Crippen molar-refractivity contribution in [2.75, 3.05) is 5.32 Å². The van der Waals surface area contributed by atoms with Gasteiger partial charge in [-0.05, 0) is 31.2 Å². The second kappa shape index (κ2) is 7.87. The van der Waals surface area contributed by atoms with Crippen LogP contribution in [-0.2, 0) is 11.3 Å². The first-order valence-electron chi connectivity index (χ1n) is 9.89. The van der Waals surface area contributed by atoms with Gasteiger partial charge in [-0.1, -0.05) is 65.3 Å². The average molecular weight is 409 g/mol. The zero-order valence-electron chi connectivity index (χ0n) is 16.8. The van der Waals surface area contributed by atoms with Crippen molar-refractivity contribution in [3.63, 3.8) is 0 Å². The molecule has 0 aliphatic heterocycles. The molecule has 2 aromatic heterocycles. The van der Waals surface area contributed by atoms with Gasteiger partial charge in [-0.3, -0.25) is 9.48 Å². The number of amides is 1. The first kappa shape index (κ1) is 18.7. The number of aromatic nitrogens is 4. The Morgan fingerprint density at radius 2 is 1.81 bits per heavy atom. The highest BCUT2D eigenvalue weighted by atomic mass is 16.5. The van der Waals surface area contributed by atoms with Crippen molar-refractivity contribution in [1.82, 2.24) is 19.9 Å². The number of aryl methyl sites for hydroxylation is 1. The van der Waals surface area contributed by atoms with Gasteiger partial charge in [0.2, 0.25) is 11.7 Å². The van der Waals surface area contributed by atoms with E-state index in [1.165, 1.54) is 0 Å². The van der Waals surface area contributed by atoms with Crippen LogP contribution < -0.4 is 5.32 Å². The third-order valence-electron chi connectivity index (χ3n) is 4.91. The molecule has 0 atom stereocenters. The first-order valence-corrected chi connectivity index (χ1v) is 9.89. The molecule has 2 heterocycles. The summed E-state index contributed by atoms with van der Waals surface area (Å²) in [5.41, 5.74) is 4.10. The van der Waals surface area contributed by atoms with E-state index in [1.54, 1.807) is 4.68 Å². The van der Waals surface area contributed by atoms with Gasteiger partial charge in [-0.15, -0.1) is 0 Å². The fourth-order valence-electron chi connectivity index (χ4n) is 3.49. The third-order valence-corrected chi connectivity index (χ3v) is 4.91. The SMILES string of the molecule is Cc1cccc(-c2noc(-c3nn(CC(=O)Nc4ccccc4)c4ccccc34)n2)c1. The van der Waals surface area contributed by atoms with Gasteiger partial charge >= 0.3 is 0 Å². The molecule has 0 spiro atoms. The van der Waals surface area contributed by atoms with Crippen molar-refractivity contribution in [2.45, 2.75) is 13.5 Å². The molecule has 1 N–H and O–H groups in total. The molecule has 0 unspecified atom stereocenters. The maximum Gasteiger partial charge on any atom is 0.279 e. The second-order valence-corrected chi connectivity index (χ2v) is 7.23. The van der Waals surface area contributed by atoms with Gasteiger partial charge in [-0.2, -0.15) is 10.1 Å². The summed E-state index contributed by atoms with van der Waals surface area (Å²) in [6.45, 7) is 2.08. The van der Waals surface area contributed by atoms with Gasteiger partial charge < -0.3 is 9.84 Å². The minimum atomic E-state index is -0.169. The monoisotopic (exact) mass is 409 g/mol. The molecule has 31 heavy (non-hydrogen) atoms. The second-order valence-electron chi connectivity index (χ2n) is 7.23. The van der Waals surface area contributed by atoms with E-state index in [0.717, 1.165) is 27.7 Å². The Hall–Kier alpha value is -4.26. The van der Waals surface area contributed by atoms with Gasteiger partial charge in [0.05, 0.1) is 5.52 Å². The fraction of sp³-hybridized carbons (Fsp3) is 0.0833. The normalized spacial score (nSPS) is 11.0. The topological polar surface area (TPSA) is 85.8 Å². The molecule has 5 aromatic rings. The smallest absolute Gasteiger partial charge is 0.279 e. The minimum Gasteiger partial charge on any atom is -0.332 e. The number of anilines is 1. The van der Waals surface area contributed by atoms with E-state index in [2.05, 4.69) is 20.6 Å². The van der Waals surface area contributed by atoms with Gasteiger partial charge in [0, 0.05) is 16.6 Å². The fourth-order valence-corrected chi connectivity index (χ4v) is 3.49. The van der Waals surface area contributed by atoms with Crippen LogP contribution in [0.25, 0.3) is 33.9 Å². The number of rotatable bonds is 5. The lowest BCUT2D eigenvalue weighted by Gasteiger charge is -2.06. The molecular formula is C24H19N5O2. The maximum absolute atomic E-state index is 12.6. The number of carbonyl (C=O) groups excluding carboxylic acids is 1. The summed E-state index contributed by atoms with van der Waals surface area (Å²) >= 11 is 0. The lowest BCUT2D eigenvalue weighted by molar-refractivity contribution is -0.116. The van der Waals surface area contributed by atoms with Crippen LogP contribution in [0.3, 0.4) is 0 Å². The van der Waals surface area contributed by atoms with Gasteiger partial charge in [0.1, 0.15) is 6.54 Å². The maximum atomic E-state index is 12.6. The van der Waals surface area contributed by atoms with Crippen molar-refractivity contribution in [2.24, 2.45) is 0 Å². The Labute approximate surface area is 178 Å². The van der Waals surface area contributed by atoms with Crippen molar-refractivity contribution in [3.8, 4) is 23.0 Å². The van der Waals surface area contributed by atoms with Crippen LogP contribution in [0.15, 0.2) is 83.4 Å². The van der Waals surface area contributed by atoms with Crippen molar-refractivity contribution in [1.29, 1.82) is 0 Å². The summed E-state index contributed by atoms with van der Waals surface area (Å²) in [6, 6.07) is 24.9. The molecular weight excluding hydrogens is 390 g/mol. The quantitative estimate of drug-likeness (QED) is 0.455. The van der Waals surface area contributed by atoms with Crippen molar-refractivity contribution < 1.29 is 9.32 Å². The van der Waals surface area contributed by atoms with Gasteiger partial charge in [0.15, 0.2) is 5.69 Å². The van der Waals surface area contributed by atoms with E-state index in [9.17, 15) is 4.79 Å². The Morgan fingerprint density at radius 1 is 1.00 bits per heavy atom. The summed E-state index contributed by atoms with van der Waals surface area (Å²) in [6.07, 6.45) is 0. The Balaban J connectivity index is 1.47. The lowest BCUT2D eigenvalue weighted by Crippen LogP contribution is -2.19. The molecule has 3 aromatic carbocycles. The highest BCUT2D eigenvalue weighted by molar-refractivity contribution is 5.94. The standard InChI is InChI=1S/C24H19N5O2/c1-16-8-7-9-17(14-16)23-26-24(31-28-23)22-19-12-5-6-13-20(19)29(27-22)15-21(30)25-18-10-3-2-4-11-18/h2-14H,15H2,1H3,(H,25,30). The van der Waals surface area contributed by atoms with Crippen LogP contribution in [0.2, 0.25) is 0 Å². The zero-order valence-corrected chi connectivity index (χ0v) is 16.8. The molecule has 0 aliphatic rings. The van der Waals surface area contributed by atoms with E-state index in [0.29, 0.717) is 17.4 Å². The summed E-state index contributed by atoms with van der Waals surface area (Å²) in [4.78, 5) is 17.1. The molecule has 7 heteroatoms. The predicted molar refractivity (Wildman–Crippen MR) is 118 cm³/mol. The van der Waals surface area contributed by atoms with E-state index >= 15 is 0 Å². The Morgan fingerprint density at radius 3 is 2.65 bits per heavy atom. The minimum absolute atomic E-state index is 0.0638. The molecule has 7 nitrogen and oxygen atoms in total. The van der Waals surface area contributed by atoms with Crippen molar-refractivity contribution in [3.05, 3.63) is 84.4 Å². The molecule has 0 bridgehead atoms. The van der Waals surface area contributed by atoms with Crippen LogP contribution in [0.4, 0.5) is 5.69 Å². The van der Waals surface area contributed by atoms with E-state index in [1.807, 2.05) is 85.8 Å². The van der Waals surface area contributed by atoms with Crippen LogP contribution in [0.5, 0.6) is 0 Å². The summed E-state index contributed by atoms with van der Waals surface area (Å²) in [7, 11) is 0. The number of benzene rings is 3. The lowest BCUT2D eigenvalue weighted by atomic mass is 10.1. The highest BCUT2D eigenvalue weighted by Crippen LogP contribution is 2.28. The number of carbonyl (C=O) groups is 1. The average Bonchev–Trinajstić information content (AvgIpc) is 3.40. The Bertz CT molecular complexity index is 1370. The molecule has 5 rings (SSSR count). The molecule has 0 saturated heterocycles. The van der Waals surface area contributed by atoms with E-state index in [-0.39, 0.29) is 12.5 Å². The molecule has 0 radical (unpaired) electrons. The molecule has 1 amide bonds. The van der Waals surface area contributed by atoms with Gasteiger partial charge in [-0.25, -0.2) is 0 Å². The number of nitrogens with zero attached hydrogens (tertiary/aromatic N) is 4. The van der Waals surface area contributed by atoms with E-state index in [4.69, 9.17) is 4.52 Å². The number of hydrogen-bond donors (Lipinski definition) is 1. The largest absolute Gasteiger partial charge is 0.332 e. The van der Waals surface area contributed by atoms with Gasteiger partial charge in [0.25, 0.3) is 5.89 Å². The molecule has 152 valence electrons. The summed E-state index contributed by atoms with van der Waals surface area (Å²) in [5, 5.41) is 12.5. The molecule has 0 fully saturated rings. The summed E-state index contributed by atoms with van der Waals surface area (Å²) in [5.74, 6) is 0.644. The molecule has 0 aliphatic carbocycles. The van der Waals surface area contributed by atoms with Crippen LogP contribution in [0.1, 0.15) is 5.56 Å². The highest BCUT2D eigenvalue weighted by Gasteiger charge is 2.19. The van der Waals surface area contributed by atoms with Crippen LogP contribution in [0, 0.1) is 6.92 Å². The third kappa shape index (κ3) is 3.81. The predicted octanol–water partition coefficient (Wildman–Crippen LogP) is 4.70. The summed E-state index contributed by atoms with van der Waals surface area (Å²) < 4.78 is 7.18. The van der Waals surface area contributed by atoms with Crippen LogP contribution >= 0.6 is 0 Å². The zero-order chi connectivity index (χ0) is 21.2.